The Hall–Kier alpha value is -1.75. The molecule has 0 radical (unpaired) electrons. The molecule has 1 N–H and O–H groups in total. The summed E-state index contributed by atoms with van der Waals surface area (Å²) in [6.07, 6.45) is 5.07. The van der Waals surface area contributed by atoms with Crippen LogP contribution in [-0.2, 0) is 6.54 Å². The zero-order chi connectivity index (χ0) is 13.0. The van der Waals surface area contributed by atoms with Crippen LogP contribution in [0, 0.1) is 12.8 Å². The van der Waals surface area contributed by atoms with Gasteiger partial charge in [-0.25, -0.2) is 4.98 Å². The van der Waals surface area contributed by atoms with Crippen LogP contribution in [0.2, 0.25) is 0 Å². The number of nitrogens with zero attached hydrogens (tertiary/aromatic N) is 3. The van der Waals surface area contributed by atoms with Crippen LogP contribution in [0.1, 0.15) is 25.1 Å². The standard InChI is InChI=1S/C13H18N4O/c1-9(2)6-14-7-11-8-17-18-13(11)12-10(3)15-4-5-16-12/h4-5,8-9,14H,6-7H2,1-3H3. The summed E-state index contributed by atoms with van der Waals surface area (Å²) < 4.78 is 5.30. The lowest BCUT2D eigenvalue weighted by atomic mass is 10.1. The first-order valence-electron chi connectivity index (χ1n) is 6.10. The number of aromatic nitrogens is 3. The highest BCUT2D eigenvalue weighted by molar-refractivity contribution is 5.58. The Morgan fingerprint density at radius 1 is 1.28 bits per heavy atom. The van der Waals surface area contributed by atoms with E-state index in [1.54, 1.807) is 18.6 Å². The molecule has 0 atom stereocenters. The van der Waals surface area contributed by atoms with E-state index in [1.165, 1.54) is 0 Å². The van der Waals surface area contributed by atoms with Gasteiger partial charge in [0.15, 0.2) is 5.76 Å². The Bertz CT molecular complexity index is 507. The zero-order valence-corrected chi connectivity index (χ0v) is 11.0. The molecule has 2 heterocycles. The van der Waals surface area contributed by atoms with E-state index in [4.69, 9.17) is 4.52 Å². The molecule has 96 valence electrons. The number of aryl methyl sites for hydroxylation is 1. The molecule has 0 amide bonds. The van der Waals surface area contributed by atoms with Gasteiger partial charge in [0, 0.05) is 24.5 Å². The van der Waals surface area contributed by atoms with Crippen LogP contribution in [-0.4, -0.2) is 21.7 Å². The SMILES string of the molecule is Cc1nccnc1-c1oncc1CNCC(C)C. The summed E-state index contributed by atoms with van der Waals surface area (Å²) in [5, 5.41) is 7.22. The van der Waals surface area contributed by atoms with Gasteiger partial charge in [0.1, 0.15) is 5.69 Å². The Labute approximate surface area is 107 Å². The first-order valence-corrected chi connectivity index (χ1v) is 6.10. The normalized spacial score (nSPS) is 11.1. The fourth-order valence-electron chi connectivity index (χ4n) is 1.71. The third-order valence-electron chi connectivity index (χ3n) is 2.61. The van der Waals surface area contributed by atoms with Crippen LogP contribution in [0.3, 0.4) is 0 Å². The van der Waals surface area contributed by atoms with Crippen LogP contribution >= 0.6 is 0 Å². The van der Waals surface area contributed by atoms with Crippen molar-refractivity contribution in [3.05, 3.63) is 29.8 Å². The first kappa shape index (κ1) is 12.7. The summed E-state index contributed by atoms with van der Waals surface area (Å²) in [6, 6.07) is 0. The highest BCUT2D eigenvalue weighted by Gasteiger charge is 2.14. The maximum atomic E-state index is 5.30. The van der Waals surface area contributed by atoms with E-state index in [1.807, 2.05) is 6.92 Å². The smallest absolute Gasteiger partial charge is 0.191 e. The Balaban J connectivity index is 2.15. The van der Waals surface area contributed by atoms with Crippen molar-refractivity contribution < 1.29 is 4.52 Å². The van der Waals surface area contributed by atoms with Gasteiger partial charge >= 0.3 is 0 Å². The third kappa shape index (κ3) is 2.92. The molecular weight excluding hydrogens is 228 g/mol. The largest absolute Gasteiger partial charge is 0.354 e. The quantitative estimate of drug-likeness (QED) is 0.876. The molecule has 0 aliphatic carbocycles. The van der Waals surface area contributed by atoms with E-state index < -0.39 is 0 Å². The second-order valence-corrected chi connectivity index (χ2v) is 4.70. The maximum absolute atomic E-state index is 5.30. The van der Waals surface area contributed by atoms with Gasteiger partial charge in [-0.1, -0.05) is 19.0 Å². The van der Waals surface area contributed by atoms with Gasteiger partial charge in [0.2, 0.25) is 0 Å². The molecule has 0 unspecified atom stereocenters. The van der Waals surface area contributed by atoms with Crippen molar-refractivity contribution in [2.75, 3.05) is 6.54 Å². The highest BCUT2D eigenvalue weighted by Crippen LogP contribution is 2.23. The Kier molecular flexibility index (Phi) is 4.04. The number of nitrogens with one attached hydrogen (secondary N) is 1. The van der Waals surface area contributed by atoms with Crippen molar-refractivity contribution in [3.8, 4) is 11.5 Å². The van der Waals surface area contributed by atoms with E-state index in [0.29, 0.717) is 11.7 Å². The maximum Gasteiger partial charge on any atom is 0.191 e. The van der Waals surface area contributed by atoms with Gasteiger partial charge in [-0.2, -0.15) is 0 Å². The van der Waals surface area contributed by atoms with Crippen molar-refractivity contribution >= 4 is 0 Å². The first-order chi connectivity index (χ1) is 8.68. The molecule has 0 aliphatic heterocycles. The summed E-state index contributed by atoms with van der Waals surface area (Å²) in [4.78, 5) is 8.51. The van der Waals surface area contributed by atoms with Crippen molar-refractivity contribution in [3.63, 3.8) is 0 Å². The van der Waals surface area contributed by atoms with Gasteiger partial charge in [-0.05, 0) is 19.4 Å². The van der Waals surface area contributed by atoms with Gasteiger partial charge in [-0.15, -0.1) is 0 Å². The Morgan fingerprint density at radius 3 is 2.78 bits per heavy atom. The van der Waals surface area contributed by atoms with Crippen LogP contribution < -0.4 is 5.32 Å². The predicted molar refractivity (Wildman–Crippen MR) is 68.8 cm³/mol. The lowest BCUT2D eigenvalue weighted by Crippen LogP contribution is -2.19. The molecule has 5 nitrogen and oxygen atoms in total. The molecule has 0 aromatic carbocycles. The molecule has 18 heavy (non-hydrogen) atoms. The van der Waals surface area contributed by atoms with Gasteiger partial charge < -0.3 is 9.84 Å². The number of hydrogen-bond acceptors (Lipinski definition) is 5. The molecule has 0 bridgehead atoms. The molecule has 0 saturated heterocycles. The highest BCUT2D eigenvalue weighted by atomic mass is 16.5. The van der Waals surface area contributed by atoms with Gasteiger partial charge in [0.05, 0.1) is 11.9 Å². The number of rotatable bonds is 5. The minimum absolute atomic E-state index is 0.617. The van der Waals surface area contributed by atoms with Crippen molar-refractivity contribution in [1.82, 2.24) is 20.4 Å². The van der Waals surface area contributed by atoms with E-state index in [2.05, 4.69) is 34.3 Å². The van der Waals surface area contributed by atoms with Crippen molar-refractivity contribution in [2.45, 2.75) is 27.3 Å². The number of hydrogen-bond donors (Lipinski definition) is 1. The fourth-order valence-corrected chi connectivity index (χ4v) is 1.71. The lowest BCUT2D eigenvalue weighted by Gasteiger charge is -2.07. The van der Waals surface area contributed by atoms with Crippen molar-refractivity contribution in [2.24, 2.45) is 5.92 Å². The molecule has 0 fully saturated rings. The minimum atomic E-state index is 0.617. The lowest BCUT2D eigenvalue weighted by molar-refractivity contribution is 0.429. The average molecular weight is 246 g/mol. The molecule has 2 aromatic rings. The molecule has 0 saturated carbocycles. The minimum Gasteiger partial charge on any atom is -0.354 e. The summed E-state index contributed by atoms with van der Waals surface area (Å²) in [6.45, 7) is 7.95. The molecule has 2 aromatic heterocycles. The monoisotopic (exact) mass is 246 g/mol. The van der Waals surface area contributed by atoms with E-state index in [9.17, 15) is 0 Å². The van der Waals surface area contributed by atoms with Crippen LogP contribution in [0.25, 0.3) is 11.5 Å². The topological polar surface area (TPSA) is 63.8 Å². The summed E-state index contributed by atoms with van der Waals surface area (Å²) >= 11 is 0. The van der Waals surface area contributed by atoms with Crippen LogP contribution in [0.4, 0.5) is 0 Å². The summed E-state index contributed by atoms with van der Waals surface area (Å²) in [5.41, 5.74) is 2.62. The average Bonchev–Trinajstić information content (AvgIpc) is 2.77. The molecular formula is C13H18N4O. The second kappa shape index (κ2) is 5.73. The molecule has 2 rings (SSSR count). The molecule has 0 aliphatic rings. The summed E-state index contributed by atoms with van der Waals surface area (Å²) in [5.74, 6) is 1.32. The summed E-state index contributed by atoms with van der Waals surface area (Å²) in [7, 11) is 0. The molecule has 5 heteroatoms. The zero-order valence-electron chi connectivity index (χ0n) is 11.0. The van der Waals surface area contributed by atoms with Crippen LogP contribution in [0.15, 0.2) is 23.1 Å². The van der Waals surface area contributed by atoms with Crippen molar-refractivity contribution in [1.29, 1.82) is 0 Å². The predicted octanol–water partition coefficient (Wildman–Crippen LogP) is 2.19. The second-order valence-electron chi connectivity index (χ2n) is 4.70. The van der Waals surface area contributed by atoms with E-state index in [0.717, 1.165) is 30.0 Å². The molecule has 0 spiro atoms. The fraction of sp³-hybridized carbons (Fsp3) is 0.462. The van der Waals surface area contributed by atoms with Gasteiger partial charge in [0.25, 0.3) is 0 Å². The van der Waals surface area contributed by atoms with E-state index in [-0.39, 0.29) is 0 Å². The van der Waals surface area contributed by atoms with Gasteiger partial charge in [-0.3, -0.25) is 4.98 Å². The van der Waals surface area contributed by atoms with Crippen LogP contribution in [0.5, 0.6) is 0 Å². The van der Waals surface area contributed by atoms with E-state index >= 15 is 0 Å². The third-order valence-corrected chi connectivity index (χ3v) is 2.61. The Morgan fingerprint density at radius 2 is 2.06 bits per heavy atom.